The number of nitrogens with one attached hydrogen (secondary N) is 1. The van der Waals surface area contributed by atoms with Gasteiger partial charge in [-0.25, -0.2) is 16.8 Å². The highest BCUT2D eigenvalue weighted by Gasteiger charge is 2.28. The van der Waals surface area contributed by atoms with Crippen molar-refractivity contribution in [3.8, 4) is 0 Å². The number of hydrogen-bond acceptors (Lipinski definition) is 5. The number of sulfonamides is 1. The summed E-state index contributed by atoms with van der Waals surface area (Å²) in [7, 11) is -5.04. The van der Waals surface area contributed by atoms with E-state index in [0.717, 1.165) is 0 Å². The Morgan fingerprint density at radius 1 is 1.28 bits per heavy atom. The molecule has 7 nitrogen and oxygen atoms in total. The van der Waals surface area contributed by atoms with E-state index in [0.29, 0.717) is 18.5 Å². The highest BCUT2D eigenvalue weighted by molar-refractivity contribution is 7.91. The van der Waals surface area contributed by atoms with E-state index in [1.165, 1.54) is 35.6 Å². The average molecular weight is 389 g/mol. The number of carbonyl (C=O) groups excluding carboxylic acids is 1. The van der Waals surface area contributed by atoms with Gasteiger partial charge in [0.1, 0.15) is 0 Å². The van der Waals surface area contributed by atoms with Crippen LogP contribution in [-0.4, -0.2) is 58.2 Å². The van der Waals surface area contributed by atoms with Gasteiger partial charge in [0.2, 0.25) is 10.0 Å². The van der Waals surface area contributed by atoms with Gasteiger partial charge in [-0.15, -0.1) is 0 Å². The molecule has 0 spiro atoms. The molecular formula is C16H24N2O5S2. The highest BCUT2D eigenvalue weighted by Crippen LogP contribution is 2.19. The molecule has 0 aromatic heterocycles. The molecular weight excluding hydrogens is 364 g/mol. The second kappa shape index (κ2) is 7.43. The molecule has 1 fully saturated rings. The largest absolute Gasteiger partial charge is 0.352 e. The molecule has 1 aliphatic rings. The Kier molecular flexibility index (Phi) is 5.90. The second-order valence-corrected chi connectivity index (χ2v) is 10.8. The molecule has 25 heavy (non-hydrogen) atoms. The van der Waals surface area contributed by atoms with E-state index in [1.807, 2.05) is 0 Å². The van der Waals surface area contributed by atoms with Gasteiger partial charge in [-0.05, 0) is 50.5 Å². The average Bonchev–Trinajstić information content (AvgIpc) is 2.91. The molecule has 1 aliphatic heterocycles. The molecule has 1 N–H and O–H groups in total. The minimum atomic E-state index is -3.58. The van der Waals surface area contributed by atoms with Gasteiger partial charge in [0.25, 0.3) is 5.91 Å². The summed E-state index contributed by atoms with van der Waals surface area (Å²) in [5, 5.41) is 2.71. The lowest BCUT2D eigenvalue weighted by atomic mass is 10.1. The van der Waals surface area contributed by atoms with Gasteiger partial charge in [-0.3, -0.25) is 4.79 Å². The summed E-state index contributed by atoms with van der Waals surface area (Å²) in [6.07, 6.45) is 0.557. The van der Waals surface area contributed by atoms with Crippen molar-refractivity contribution in [1.29, 1.82) is 0 Å². The first-order valence-electron chi connectivity index (χ1n) is 8.09. The monoisotopic (exact) mass is 388 g/mol. The number of carbonyl (C=O) groups is 1. The maximum atomic E-state index is 12.4. The van der Waals surface area contributed by atoms with Crippen LogP contribution in [0.1, 0.15) is 30.6 Å². The van der Waals surface area contributed by atoms with Crippen molar-refractivity contribution in [1.82, 2.24) is 9.62 Å². The summed E-state index contributed by atoms with van der Waals surface area (Å²) < 4.78 is 48.9. The van der Waals surface area contributed by atoms with E-state index in [1.54, 1.807) is 13.8 Å². The Bertz CT molecular complexity index is 830. The van der Waals surface area contributed by atoms with E-state index >= 15 is 0 Å². The summed E-state index contributed by atoms with van der Waals surface area (Å²) in [6.45, 7) is 3.86. The summed E-state index contributed by atoms with van der Waals surface area (Å²) in [4.78, 5) is 12.3. The smallest absolute Gasteiger partial charge is 0.251 e. The quantitative estimate of drug-likeness (QED) is 0.780. The van der Waals surface area contributed by atoms with Crippen molar-refractivity contribution in [3.05, 3.63) is 29.8 Å². The number of hydrogen-bond donors (Lipinski definition) is 1. The zero-order chi connectivity index (χ0) is 18.8. The summed E-state index contributed by atoms with van der Waals surface area (Å²) in [5.74, 6) is -0.131. The van der Waals surface area contributed by atoms with Crippen molar-refractivity contribution in [2.24, 2.45) is 5.92 Å². The van der Waals surface area contributed by atoms with Crippen LogP contribution in [0.4, 0.5) is 0 Å². The molecule has 0 bridgehead atoms. The van der Waals surface area contributed by atoms with Crippen LogP contribution in [0, 0.1) is 5.92 Å². The Morgan fingerprint density at radius 2 is 1.88 bits per heavy atom. The van der Waals surface area contributed by atoms with Crippen molar-refractivity contribution in [2.75, 3.05) is 25.1 Å². The van der Waals surface area contributed by atoms with Gasteiger partial charge >= 0.3 is 0 Å². The molecule has 1 aromatic rings. The van der Waals surface area contributed by atoms with Crippen LogP contribution < -0.4 is 5.32 Å². The lowest BCUT2D eigenvalue weighted by Gasteiger charge is -2.21. The van der Waals surface area contributed by atoms with Crippen LogP contribution >= 0.6 is 0 Å². The van der Waals surface area contributed by atoms with E-state index in [2.05, 4.69) is 5.32 Å². The minimum Gasteiger partial charge on any atom is -0.352 e. The van der Waals surface area contributed by atoms with Crippen LogP contribution in [0.3, 0.4) is 0 Å². The number of benzene rings is 1. The molecule has 140 valence electrons. The van der Waals surface area contributed by atoms with Crippen molar-refractivity contribution < 1.29 is 21.6 Å². The van der Waals surface area contributed by atoms with Gasteiger partial charge in [-0.1, -0.05) is 0 Å². The molecule has 1 aromatic carbocycles. The maximum absolute atomic E-state index is 12.4. The SMILES string of the molecule is CC(C)N(C)S(=O)(=O)c1ccc(C(=O)NCC2CCS(=O)(=O)C2)cc1. The molecule has 1 heterocycles. The number of sulfone groups is 1. The fraction of sp³-hybridized carbons (Fsp3) is 0.562. The van der Waals surface area contributed by atoms with Gasteiger partial charge < -0.3 is 5.32 Å². The first-order valence-corrected chi connectivity index (χ1v) is 11.4. The van der Waals surface area contributed by atoms with Crippen molar-refractivity contribution in [3.63, 3.8) is 0 Å². The third-order valence-corrected chi connectivity index (χ3v) is 8.28. The zero-order valence-corrected chi connectivity index (χ0v) is 16.2. The van der Waals surface area contributed by atoms with E-state index < -0.39 is 19.9 Å². The Hall–Kier alpha value is -1.45. The number of nitrogens with zero attached hydrogens (tertiary/aromatic N) is 1. The predicted molar refractivity (Wildman–Crippen MR) is 95.6 cm³/mol. The number of amides is 1. The fourth-order valence-corrected chi connectivity index (χ4v) is 5.82. The van der Waals surface area contributed by atoms with Crippen LogP contribution in [0.2, 0.25) is 0 Å². The molecule has 1 saturated heterocycles. The first-order chi connectivity index (χ1) is 11.5. The summed E-state index contributed by atoms with van der Waals surface area (Å²) >= 11 is 0. The lowest BCUT2D eigenvalue weighted by Crippen LogP contribution is -2.33. The Labute approximate surface area is 149 Å². The van der Waals surface area contributed by atoms with Crippen LogP contribution in [0.5, 0.6) is 0 Å². The number of rotatable bonds is 6. The third-order valence-electron chi connectivity index (χ3n) is 4.40. The van der Waals surface area contributed by atoms with E-state index in [9.17, 15) is 21.6 Å². The summed E-state index contributed by atoms with van der Waals surface area (Å²) in [6, 6.07) is 5.56. The summed E-state index contributed by atoms with van der Waals surface area (Å²) in [5.41, 5.74) is 0.340. The topological polar surface area (TPSA) is 101 Å². The molecule has 0 saturated carbocycles. The van der Waals surface area contributed by atoms with Crippen LogP contribution in [0.15, 0.2) is 29.2 Å². The molecule has 0 radical (unpaired) electrons. The second-order valence-electron chi connectivity index (χ2n) is 6.62. The first kappa shape index (κ1) is 19.9. The lowest BCUT2D eigenvalue weighted by molar-refractivity contribution is 0.0948. The van der Waals surface area contributed by atoms with Gasteiger partial charge in [-0.2, -0.15) is 4.31 Å². The fourth-order valence-electron chi connectivity index (χ4n) is 2.59. The van der Waals surface area contributed by atoms with Gasteiger partial charge in [0, 0.05) is 25.2 Å². The molecule has 1 atom stereocenters. The third kappa shape index (κ3) is 4.80. The normalized spacial score (nSPS) is 20.1. The minimum absolute atomic E-state index is 0.0618. The van der Waals surface area contributed by atoms with Crippen molar-refractivity contribution >= 4 is 25.8 Å². The van der Waals surface area contributed by atoms with Crippen LogP contribution in [0.25, 0.3) is 0 Å². The van der Waals surface area contributed by atoms with Gasteiger partial charge in [0.15, 0.2) is 9.84 Å². The Morgan fingerprint density at radius 3 is 2.36 bits per heavy atom. The van der Waals surface area contributed by atoms with Crippen LogP contribution in [-0.2, 0) is 19.9 Å². The molecule has 2 rings (SSSR count). The molecule has 1 amide bonds. The Balaban J connectivity index is 2.01. The molecule has 9 heteroatoms. The van der Waals surface area contributed by atoms with E-state index in [4.69, 9.17) is 0 Å². The van der Waals surface area contributed by atoms with Crippen molar-refractivity contribution in [2.45, 2.75) is 31.2 Å². The highest BCUT2D eigenvalue weighted by atomic mass is 32.2. The van der Waals surface area contributed by atoms with E-state index in [-0.39, 0.29) is 34.3 Å². The standard InChI is InChI=1S/C16H24N2O5S2/c1-12(2)18(3)25(22,23)15-6-4-14(5-7-15)16(19)17-10-13-8-9-24(20,21)11-13/h4-7,12-13H,8-11H2,1-3H3,(H,17,19). The van der Waals surface area contributed by atoms with Gasteiger partial charge in [0.05, 0.1) is 16.4 Å². The zero-order valence-electron chi connectivity index (χ0n) is 14.6. The maximum Gasteiger partial charge on any atom is 0.251 e. The molecule has 1 unspecified atom stereocenters. The predicted octanol–water partition coefficient (Wildman–Crippen LogP) is 0.880. The molecule has 0 aliphatic carbocycles.